The van der Waals surface area contributed by atoms with Gasteiger partial charge in [0.25, 0.3) is 5.91 Å². The third-order valence-corrected chi connectivity index (χ3v) is 4.22. The lowest BCUT2D eigenvalue weighted by molar-refractivity contribution is -0.121. The number of carbonyl (C=O) groups is 2. The van der Waals surface area contributed by atoms with E-state index in [2.05, 4.69) is 0 Å². The van der Waals surface area contributed by atoms with Gasteiger partial charge in [-0.15, -0.1) is 0 Å². The normalized spacial score (nSPS) is 14.3. The number of imide groups is 1. The molecule has 0 spiro atoms. The molecule has 0 radical (unpaired) electrons. The molecule has 0 bridgehead atoms. The van der Waals surface area contributed by atoms with Crippen LogP contribution in [0.1, 0.15) is 18.9 Å². The van der Waals surface area contributed by atoms with Crippen molar-refractivity contribution in [1.29, 1.82) is 0 Å². The highest BCUT2D eigenvalue weighted by molar-refractivity contribution is 6.45. The molecule has 0 saturated carbocycles. The highest BCUT2D eigenvalue weighted by Crippen LogP contribution is 2.34. The van der Waals surface area contributed by atoms with Crippen molar-refractivity contribution < 1.29 is 19.4 Å². The van der Waals surface area contributed by atoms with E-state index in [4.69, 9.17) is 27.9 Å². The van der Waals surface area contributed by atoms with Crippen LogP contribution in [-0.4, -0.2) is 23.5 Å². The third kappa shape index (κ3) is 3.41. The van der Waals surface area contributed by atoms with Gasteiger partial charge >= 0.3 is 5.91 Å². The van der Waals surface area contributed by atoms with Crippen LogP contribution in [0, 0.1) is 0 Å². The number of amides is 2. The van der Waals surface area contributed by atoms with Crippen LogP contribution in [0.25, 0.3) is 5.57 Å². The Morgan fingerprint density at radius 3 is 2.19 bits per heavy atom. The summed E-state index contributed by atoms with van der Waals surface area (Å²) in [4.78, 5) is 26.0. The summed E-state index contributed by atoms with van der Waals surface area (Å²) in [5.74, 6) is -1.44. The fourth-order valence-electron chi connectivity index (χ4n) is 2.62. The average Bonchev–Trinajstić information content (AvgIpc) is 2.82. The molecule has 2 aromatic carbocycles. The molecule has 2 amide bonds. The van der Waals surface area contributed by atoms with Gasteiger partial charge in [0.1, 0.15) is 5.75 Å². The topological polar surface area (TPSA) is 66.8 Å². The monoisotopic (exact) mass is 391 g/mol. The number of benzene rings is 2. The van der Waals surface area contributed by atoms with E-state index >= 15 is 0 Å². The molecule has 1 aliphatic rings. The highest BCUT2D eigenvalue weighted by Gasteiger charge is 2.40. The van der Waals surface area contributed by atoms with Gasteiger partial charge in [0.2, 0.25) is 0 Å². The molecule has 0 aliphatic carbocycles. The molecular weight excluding hydrogens is 377 g/mol. The standard InChI is InChI=1S/C19H15Cl2NO4/c1-2-7-26-15-5-3-11(4-6-15)16-17(23)19(25)22(18(16)24)14-9-12(20)8-13(21)10-14/h3-6,8-10,23H,2,7H2,1H3. The summed E-state index contributed by atoms with van der Waals surface area (Å²) in [6, 6.07) is 11.0. The molecule has 0 saturated heterocycles. The number of ether oxygens (including phenoxy) is 1. The molecule has 0 atom stereocenters. The first-order valence-corrected chi connectivity index (χ1v) is 8.69. The lowest BCUT2D eigenvalue weighted by Gasteiger charge is -2.15. The summed E-state index contributed by atoms with van der Waals surface area (Å²) in [5, 5.41) is 10.8. The molecule has 26 heavy (non-hydrogen) atoms. The van der Waals surface area contributed by atoms with Crippen molar-refractivity contribution in [2.75, 3.05) is 11.5 Å². The predicted octanol–water partition coefficient (Wildman–Crippen LogP) is 4.62. The summed E-state index contributed by atoms with van der Waals surface area (Å²) in [6.07, 6.45) is 0.873. The summed E-state index contributed by atoms with van der Waals surface area (Å²) in [7, 11) is 0. The first-order valence-electron chi connectivity index (χ1n) is 7.93. The van der Waals surface area contributed by atoms with E-state index in [9.17, 15) is 14.7 Å². The molecule has 5 nitrogen and oxygen atoms in total. The number of anilines is 1. The molecule has 7 heteroatoms. The van der Waals surface area contributed by atoms with Crippen molar-refractivity contribution in [3.05, 3.63) is 63.8 Å². The van der Waals surface area contributed by atoms with Crippen LogP contribution in [0.5, 0.6) is 5.75 Å². The smallest absolute Gasteiger partial charge is 0.301 e. The van der Waals surface area contributed by atoms with Crippen molar-refractivity contribution in [2.45, 2.75) is 13.3 Å². The number of nitrogens with zero attached hydrogens (tertiary/aromatic N) is 1. The minimum atomic E-state index is -0.824. The molecule has 2 aromatic rings. The van der Waals surface area contributed by atoms with Gasteiger partial charge in [-0.1, -0.05) is 42.3 Å². The molecule has 0 unspecified atom stereocenters. The minimum Gasteiger partial charge on any atom is -0.502 e. The molecule has 1 N–H and O–H groups in total. The lowest BCUT2D eigenvalue weighted by Crippen LogP contribution is -2.31. The van der Waals surface area contributed by atoms with Crippen molar-refractivity contribution >= 4 is 46.3 Å². The Morgan fingerprint density at radius 1 is 1.00 bits per heavy atom. The van der Waals surface area contributed by atoms with Crippen LogP contribution < -0.4 is 9.64 Å². The lowest BCUT2D eigenvalue weighted by atomic mass is 10.1. The number of aliphatic hydroxyl groups is 1. The van der Waals surface area contributed by atoms with Crippen LogP contribution in [0.15, 0.2) is 48.2 Å². The van der Waals surface area contributed by atoms with E-state index in [-0.39, 0.29) is 21.3 Å². The van der Waals surface area contributed by atoms with Crippen LogP contribution in [0.4, 0.5) is 5.69 Å². The zero-order valence-corrected chi connectivity index (χ0v) is 15.3. The van der Waals surface area contributed by atoms with E-state index in [0.29, 0.717) is 17.9 Å². The number of carbonyl (C=O) groups excluding carboxylic acids is 2. The molecular formula is C19H15Cl2NO4. The molecule has 0 fully saturated rings. The maximum absolute atomic E-state index is 12.8. The summed E-state index contributed by atoms with van der Waals surface area (Å²) in [5.41, 5.74) is 0.537. The molecule has 134 valence electrons. The molecule has 3 rings (SSSR count). The maximum Gasteiger partial charge on any atom is 0.301 e. The zero-order valence-electron chi connectivity index (χ0n) is 13.8. The molecule has 0 aromatic heterocycles. The molecule has 1 heterocycles. The highest BCUT2D eigenvalue weighted by atomic mass is 35.5. The van der Waals surface area contributed by atoms with E-state index in [1.54, 1.807) is 24.3 Å². The van der Waals surface area contributed by atoms with Gasteiger partial charge in [-0.3, -0.25) is 9.59 Å². The van der Waals surface area contributed by atoms with Crippen molar-refractivity contribution in [2.24, 2.45) is 0 Å². The summed E-state index contributed by atoms with van der Waals surface area (Å²) >= 11 is 11.9. The first kappa shape index (κ1) is 18.3. The second-order valence-corrected chi connectivity index (χ2v) is 6.54. The largest absolute Gasteiger partial charge is 0.502 e. The van der Waals surface area contributed by atoms with Gasteiger partial charge in [0, 0.05) is 10.0 Å². The van der Waals surface area contributed by atoms with Crippen molar-refractivity contribution in [3.63, 3.8) is 0 Å². The number of rotatable bonds is 5. The number of aliphatic hydroxyl groups excluding tert-OH is 1. The molecule has 1 aliphatic heterocycles. The Morgan fingerprint density at radius 2 is 1.62 bits per heavy atom. The fourth-order valence-corrected chi connectivity index (χ4v) is 3.13. The van der Waals surface area contributed by atoms with E-state index in [1.165, 1.54) is 18.2 Å². The predicted molar refractivity (Wildman–Crippen MR) is 101 cm³/mol. The van der Waals surface area contributed by atoms with Crippen LogP contribution >= 0.6 is 23.2 Å². The quantitative estimate of drug-likeness (QED) is 0.754. The van der Waals surface area contributed by atoms with Crippen molar-refractivity contribution in [3.8, 4) is 5.75 Å². The van der Waals surface area contributed by atoms with Crippen LogP contribution in [0.3, 0.4) is 0 Å². The first-order chi connectivity index (χ1) is 12.4. The number of hydrogen-bond donors (Lipinski definition) is 1. The Labute approximate surface area is 160 Å². The van der Waals surface area contributed by atoms with Crippen LogP contribution in [0.2, 0.25) is 10.0 Å². The Kier molecular flexibility index (Phi) is 5.20. The second-order valence-electron chi connectivity index (χ2n) is 5.67. The van der Waals surface area contributed by atoms with E-state index in [1.807, 2.05) is 6.92 Å². The van der Waals surface area contributed by atoms with Gasteiger partial charge in [0.05, 0.1) is 17.9 Å². The van der Waals surface area contributed by atoms with Crippen LogP contribution in [-0.2, 0) is 9.59 Å². The van der Waals surface area contributed by atoms with Gasteiger partial charge in [-0.05, 0) is 42.3 Å². The summed E-state index contributed by atoms with van der Waals surface area (Å²) < 4.78 is 5.49. The fraction of sp³-hybridized carbons (Fsp3) is 0.158. The second kappa shape index (κ2) is 7.40. The van der Waals surface area contributed by atoms with Gasteiger partial charge in [0.15, 0.2) is 5.76 Å². The summed E-state index contributed by atoms with van der Waals surface area (Å²) in [6.45, 7) is 2.57. The maximum atomic E-state index is 12.8. The number of hydrogen-bond acceptors (Lipinski definition) is 4. The Hall–Kier alpha value is -2.50. The van der Waals surface area contributed by atoms with Crippen molar-refractivity contribution in [1.82, 2.24) is 0 Å². The zero-order chi connectivity index (χ0) is 18.8. The minimum absolute atomic E-state index is 0.0758. The van der Waals surface area contributed by atoms with E-state index < -0.39 is 17.6 Å². The number of halogens is 2. The van der Waals surface area contributed by atoms with Gasteiger partial charge in [-0.2, -0.15) is 0 Å². The SMILES string of the molecule is CCCOc1ccc(C2=C(O)C(=O)N(c3cc(Cl)cc(Cl)c3)C2=O)cc1. The van der Waals surface area contributed by atoms with E-state index in [0.717, 1.165) is 11.3 Å². The van der Waals surface area contributed by atoms with Gasteiger partial charge < -0.3 is 9.84 Å². The Bertz CT molecular complexity index is 886. The third-order valence-electron chi connectivity index (χ3n) is 3.78. The Balaban J connectivity index is 1.94. The van der Waals surface area contributed by atoms with Gasteiger partial charge in [-0.25, -0.2) is 4.90 Å². The average molecular weight is 392 g/mol.